The lowest BCUT2D eigenvalue weighted by atomic mass is 10.1. The Bertz CT molecular complexity index is 923. The third-order valence-electron chi connectivity index (χ3n) is 4.19. The van der Waals surface area contributed by atoms with Crippen LogP contribution in [0.4, 0.5) is 4.39 Å². The molecule has 1 aliphatic heterocycles. The van der Waals surface area contributed by atoms with Gasteiger partial charge in [0, 0.05) is 32.2 Å². The van der Waals surface area contributed by atoms with Crippen LogP contribution in [0.1, 0.15) is 10.4 Å². The number of sulfonamides is 1. The Kier molecular flexibility index (Phi) is 4.84. The van der Waals surface area contributed by atoms with E-state index in [0.717, 1.165) is 18.2 Å². The highest BCUT2D eigenvalue weighted by atomic mass is 32.2. The maximum atomic E-state index is 13.0. The molecule has 2 N–H and O–H groups in total. The quantitative estimate of drug-likeness (QED) is 0.838. The number of piperazine rings is 1. The van der Waals surface area contributed by atoms with E-state index < -0.39 is 21.7 Å². The zero-order valence-electron chi connectivity index (χ0n) is 13.7. The van der Waals surface area contributed by atoms with Gasteiger partial charge in [-0.2, -0.15) is 4.31 Å². The second kappa shape index (κ2) is 6.93. The van der Waals surface area contributed by atoms with E-state index in [1.807, 2.05) is 0 Å². The molecule has 0 unspecified atom stereocenters. The zero-order valence-corrected chi connectivity index (χ0v) is 14.5. The fraction of sp³-hybridized carbons (Fsp3) is 0.235. The normalized spacial score (nSPS) is 15.8. The van der Waals surface area contributed by atoms with Gasteiger partial charge in [-0.3, -0.25) is 4.79 Å². The van der Waals surface area contributed by atoms with Gasteiger partial charge in [-0.25, -0.2) is 12.8 Å². The molecule has 1 aliphatic rings. The van der Waals surface area contributed by atoms with Crippen LogP contribution in [0.3, 0.4) is 0 Å². The molecule has 0 aromatic heterocycles. The average molecular weight is 380 g/mol. The Balaban J connectivity index is 1.70. The topological polar surface area (TPSA) is 98.2 Å². The molecule has 1 saturated heterocycles. The minimum absolute atomic E-state index is 0.00476. The Labute approximate surface area is 150 Å². The minimum atomic E-state index is -3.76. The molecule has 9 heteroatoms. The highest BCUT2D eigenvalue weighted by Gasteiger charge is 2.31. The first-order valence-electron chi connectivity index (χ1n) is 7.86. The maximum Gasteiger partial charge on any atom is 0.257 e. The zero-order chi connectivity index (χ0) is 18.9. The number of carbonyl (C=O) groups excluding carboxylic acids is 1. The van der Waals surface area contributed by atoms with Crippen molar-refractivity contribution in [1.82, 2.24) is 9.21 Å². The molecule has 0 aliphatic carbocycles. The van der Waals surface area contributed by atoms with Crippen LogP contribution >= 0.6 is 0 Å². The van der Waals surface area contributed by atoms with Gasteiger partial charge in [0.05, 0.1) is 10.5 Å². The van der Waals surface area contributed by atoms with Gasteiger partial charge in [0.25, 0.3) is 5.91 Å². The SMILES string of the molecule is O=C(c1ccc(O)cc1O)N1CCN(S(=O)(=O)c2ccc(F)cc2)CC1. The number of amides is 1. The molecule has 7 nitrogen and oxygen atoms in total. The maximum absolute atomic E-state index is 13.0. The van der Waals surface area contributed by atoms with Gasteiger partial charge < -0.3 is 15.1 Å². The van der Waals surface area contributed by atoms with Crippen molar-refractivity contribution in [3.8, 4) is 11.5 Å². The van der Waals surface area contributed by atoms with Crippen molar-refractivity contribution in [3.05, 3.63) is 53.8 Å². The smallest absolute Gasteiger partial charge is 0.257 e. The van der Waals surface area contributed by atoms with Crippen LogP contribution in [-0.2, 0) is 10.0 Å². The van der Waals surface area contributed by atoms with Crippen molar-refractivity contribution in [1.29, 1.82) is 0 Å². The first kappa shape index (κ1) is 18.2. The van der Waals surface area contributed by atoms with Crippen molar-refractivity contribution in [2.45, 2.75) is 4.90 Å². The summed E-state index contributed by atoms with van der Waals surface area (Å²) < 4.78 is 39.4. The number of halogens is 1. The fourth-order valence-corrected chi connectivity index (χ4v) is 4.18. The molecule has 0 saturated carbocycles. The molecule has 1 heterocycles. The number of benzene rings is 2. The number of aromatic hydroxyl groups is 2. The molecule has 2 aromatic rings. The van der Waals surface area contributed by atoms with Crippen LogP contribution in [0.15, 0.2) is 47.4 Å². The van der Waals surface area contributed by atoms with Gasteiger partial charge in [0.1, 0.15) is 17.3 Å². The number of nitrogens with zero attached hydrogens (tertiary/aromatic N) is 2. The lowest BCUT2D eigenvalue weighted by Crippen LogP contribution is -2.50. The van der Waals surface area contributed by atoms with Crippen molar-refractivity contribution in [3.63, 3.8) is 0 Å². The summed E-state index contributed by atoms with van der Waals surface area (Å²) in [4.78, 5) is 13.9. The van der Waals surface area contributed by atoms with E-state index in [1.54, 1.807) is 0 Å². The summed E-state index contributed by atoms with van der Waals surface area (Å²) in [5, 5.41) is 19.1. The Hall–Kier alpha value is -2.65. The van der Waals surface area contributed by atoms with Gasteiger partial charge in [0.2, 0.25) is 10.0 Å². The molecular formula is C17H17FN2O5S. The monoisotopic (exact) mass is 380 g/mol. The van der Waals surface area contributed by atoms with E-state index in [-0.39, 0.29) is 48.1 Å². The Morgan fingerprint density at radius 2 is 1.58 bits per heavy atom. The van der Waals surface area contributed by atoms with Gasteiger partial charge in [-0.05, 0) is 36.4 Å². The molecule has 3 rings (SSSR count). The largest absolute Gasteiger partial charge is 0.508 e. The third kappa shape index (κ3) is 3.49. The molecule has 1 amide bonds. The van der Waals surface area contributed by atoms with Crippen molar-refractivity contribution < 1.29 is 27.8 Å². The molecule has 2 aromatic carbocycles. The van der Waals surface area contributed by atoms with Crippen LogP contribution in [0, 0.1) is 5.82 Å². The minimum Gasteiger partial charge on any atom is -0.508 e. The number of hydrogen-bond acceptors (Lipinski definition) is 5. The van der Waals surface area contributed by atoms with Crippen molar-refractivity contribution in [2.75, 3.05) is 26.2 Å². The molecule has 1 fully saturated rings. The van der Waals surface area contributed by atoms with E-state index >= 15 is 0 Å². The lowest BCUT2D eigenvalue weighted by Gasteiger charge is -2.34. The molecule has 0 radical (unpaired) electrons. The van der Waals surface area contributed by atoms with Crippen LogP contribution in [0.5, 0.6) is 11.5 Å². The molecule has 138 valence electrons. The van der Waals surface area contributed by atoms with Crippen LogP contribution in [0.2, 0.25) is 0 Å². The number of carbonyl (C=O) groups is 1. The molecule has 0 spiro atoms. The van der Waals surface area contributed by atoms with Gasteiger partial charge in [-0.15, -0.1) is 0 Å². The van der Waals surface area contributed by atoms with Crippen LogP contribution < -0.4 is 0 Å². The summed E-state index contributed by atoms with van der Waals surface area (Å²) in [6.07, 6.45) is 0. The van der Waals surface area contributed by atoms with Gasteiger partial charge in [0.15, 0.2) is 0 Å². The summed E-state index contributed by atoms with van der Waals surface area (Å²) >= 11 is 0. The Morgan fingerprint density at radius 1 is 0.962 bits per heavy atom. The van der Waals surface area contributed by atoms with Crippen molar-refractivity contribution in [2.24, 2.45) is 0 Å². The predicted molar refractivity (Wildman–Crippen MR) is 90.8 cm³/mol. The lowest BCUT2D eigenvalue weighted by molar-refractivity contribution is 0.0695. The van der Waals surface area contributed by atoms with E-state index in [0.29, 0.717) is 0 Å². The standard InChI is InChI=1S/C17H17FN2O5S/c18-12-1-4-14(5-2-12)26(24,25)20-9-7-19(8-10-20)17(23)15-6-3-13(21)11-16(15)22/h1-6,11,21-22H,7-10H2. The summed E-state index contributed by atoms with van der Waals surface area (Å²) in [6.45, 7) is 0.480. The number of phenolic OH excluding ortho intramolecular Hbond substituents is 2. The van der Waals surface area contributed by atoms with Crippen LogP contribution in [-0.4, -0.2) is 59.9 Å². The predicted octanol–water partition coefficient (Wildman–Crippen LogP) is 1.38. The van der Waals surface area contributed by atoms with Gasteiger partial charge >= 0.3 is 0 Å². The highest BCUT2D eigenvalue weighted by molar-refractivity contribution is 7.89. The molecule has 0 bridgehead atoms. The average Bonchev–Trinajstić information content (AvgIpc) is 2.62. The number of phenols is 2. The highest BCUT2D eigenvalue weighted by Crippen LogP contribution is 2.25. The Morgan fingerprint density at radius 3 is 2.15 bits per heavy atom. The van der Waals surface area contributed by atoms with Crippen molar-refractivity contribution >= 4 is 15.9 Å². The summed E-state index contributed by atoms with van der Waals surface area (Å²) in [5.74, 6) is -1.46. The number of hydrogen-bond donors (Lipinski definition) is 2. The second-order valence-corrected chi connectivity index (χ2v) is 7.79. The molecular weight excluding hydrogens is 363 g/mol. The molecule has 26 heavy (non-hydrogen) atoms. The van der Waals surface area contributed by atoms with E-state index in [9.17, 15) is 27.8 Å². The molecule has 0 atom stereocenters. The summed E-state index contributed by atoms with van der Waals surface area (Å²) in [6, 6.07) is 8.26. The summed E-state index contributed by atoms with van der Waals surface area (Å²) in [7, 11) is -3.76. The van der Waals surface area contributed by atoms with Gasteiger partial charge in [-0.1, -0.05) is 0 Å². The first-order valence-corrected chi connectivity index (χ1v) is 9.30. The third-order valence-corrected chi connectivity index (χ3v) is 6.10. The number of rotatable bonds is 3. The summed E-state index contributed by atoms with van der Waals surface area (Å²) in [5.41, 5.74) is 0.0395. The van der Waals surface area contributed by atoms with E-state index in [2.05, 4.69) is 0 Å². The van der Waals surface area contributed by atoms with E-state index in [1.165, 1.54) is 33.5 Å². The van der Waals surface area contributed by atoms with Crippen LogP contribution in [0.25, 0.3) is 0 Å². The fourth-order valence-electron chi connectivity index (χ4n) is 2.76. The second-order valence-electron chi connectivity index (χ2n) is 5.85. The first-order chi connectivity index (χ1) is 12.3. The van der Waals surface area contributed by atoms with E-state index in [4.69, 9.17) is 0 Å².